The van der Waals surface area contributed by atoms with Crippen molar-refractivity contribution in [2.24, 2.45) is 0 Å². The number of hydrogen-bond donors (Lipinski definition) is 0. The zero-order valence-corrected chi connectivity index (χ0v) is 16.3. The maximum Gasteiger partial charge on any atom is 0.229 e. The number of rotatable bonds is 3. The quantitative estimate of drug-likeness (QED) is 0.357. The monoisotopic (exact) mass is 395 g/mol. The van der Waals surface area contributed by atoms with Gasteiger partial charge in [0.2, 0.25) is 5.71 Å². The molecule has 0 N–H and O–H groups in total. The van der Waals surface area contributed by atoms with Crippen molar-refractivity contribution >= 4 is 34.0 Å². The molecule has 3 aromatic heterocycles. The van der Waals surface area contributed by atoms with E-state index in [1.165, 1.54) is 23.9 Å². The second kappa shape index (κ2) is 6.53. The predicted octanol–water partition coefficient (Wildman–Crippen LogP) is 5.05. The average Bonchev–Trinajstić information content (AvgIpc) is 3.03. The van der Waals surface area contributed by atoms with E-state index in [2.05, 4.69) is 29.9 Å². The van der Waals surface area contributed by atoms with Crippen molar-refractivity contribution in [2.75, 3.05) is 0 Å². The Morgan fingerprint density at radius 3 is 2.82 bits per heavy atom. The molecule has 0 saturated heterocycles. The Kier molecular flexibility index (Phi) is 4.10. The second-order valence-corrected chi connectivity index (χ2v) is 8.51. The number of ether oxygens (including phenoxy) is 1. The van der Waals surface area contributed by atoms with Crippen LogP contribution in [0.5, 0.6) is 0 Å². The molecule has 0 aliphatic carbocycles. The van der Waals surface area contributed by atoms with E-state index in [0.717, 1.165) is 39.2 Å². The number of hydrogen-bond acceptors (Lipinski definition) is 6. The third kappa shape index (κ3) is 3.14. The van der Waals surface area contributed by atoms with Crippen LogP contribution in [-0.2, 0) is 23.5 Å². The fourth-order valence-electron chi connectivity index (χ4n) is 3.40. The van der Waals surface area contributed by atoms with Gasteiger partial charge in [-0.1, -0.05) is 23.9 Å². The van der Waals surface area contributed by atoms with Gasteiger partial charge in [0.25, 0.3) is 0 Å². The van der Waals surface area contributed by atoms with Crippen molar-refractivity contribution in [3.05, 3.63) is 59.3 Å². The van der Waals surface area contributed by atoms with E-state index in [0.29, 0.717) is 23.7 Å². The van der Waals surface area contributed by atoms with Gasteiger partial charge in [-0.3, -0.25) is 0 Å². The number of fused-ring (bicyclic) bond motifs is 4. The summed E-state index contributed by atoms with van der Waals surface area (Å²) >= 11 is 1.54. The van der Waals surface area contributed by atoms with Crippen molar-refractivity contribution in [3.63, 3.8) is 0 Å². The van der Waals surface area contributed by atoms with Crippen LogP contribution in [0.2, 0.25) is 0 Å². The van der Waals surface area contributed by atoms with Crippen molar-refractivity contribution in [2.45, 2.75) is 43.3 Å². The number of furan rings is 1. The molecule has 4 heterocycles. The van der Waals surface area contributed by atoms with Crippen LogP contribution in [-0.4, -0.2) is 20.6 Å². The molecule has 1 aliphatic rings. The van der Waals surface area contributed by atoms with E-state index in [4.69, 9.17) is 14.1 Å². The van der Waals surface area contributed by atoms with Gasteiger partial charge in [0.05, 0.1) is 23.3 Å². The summed E-state index contributed by atoms with van der Waals surface area (Å²) in [5.41, 5.74) is 4.85. The summed E-state index contributed by atoms with van der Waals surface area (Å²) in [6.45, 7) is 4.67. The van der Waals surface area contributed by atoms with Crippen LogP contribution in [0, 0.1) is 5.82 Å². The first-order valence-electron chi connectivity index (χ1n) is 9.06. The summed E-state index contributed by atoms with van der Waals surface area (Å²) < 4.78 is 25.1. The van der Waals surface area contributed by atoms with Crippen LogP contribution >= 0.6 is 11.8 Å². The highest BCUT2D eigenvalue weighted by Crippen LogP contribution is 2.36. The molecule has 0 radical (unpaired) electrons. The van der Waals surface area contributed by atoms with Crippen molar-refractivity contribution < 1.29 is 13.5 Å². The lowest BCUT2D eigenvalue weighted by Crippen LogP contribution is -2.32. The summed E-state index contributed by atoms with van der Waals surface area (Å²) in [4.78, 5) is 13.6. The summed E-state index contributed by atoms with van der Waals surface area (Å²) in [5.74, 6) is 0.424. The molecule has 0 saturated carbocycles. The maximum atomic E-state index is 13.1. The first kappa shape index (κ1) is 17.6. The fourth-order valence-corrected chi connectivity index (χ4v) is 4.29. The van der Waals surface area contributed by atoms with E-state index in [-0.39, 0.29) is 11.4 Å². The van der Waals surface area contributed by atoms with E-state index in [1.807, 2.05) is 0 Å². The fraction of sp³-hybridized carbons (Fsp3) is 0.286. The van der Waals surface area contributed by atoms with Crippen molar-refractivity contribution in [1.82, 2.24) is 15.0 Å². The van der Waals surface area contributed by atoms with Crippen LogP contribution < -0.4 is 0 Å². The molecule has 0 bridgehead atoms. The van der Waals surface area contributed by atoms with Crippen molar-refractivity contribution in [1.29, 1.82) is 0 Å². The highest BCUT2D eigenvalue weighted by molar-refractivity contribution is 7.98. The molecule has 28 heavy (non-hydrogen) atoms. The standard InChI is InChI=1S/C21H18FN3O2S/c1-21(2)8-16-13(9-26-21)7-15-17-18(27-19(15)25-16)20(24-11-23-17)28-10-12-3-5-14(22)6-4-12/h3-7,11H,8-10H2,1-2H3. The van der Waals surface area contributed by atoms with Crippen LogP contribution in [0.25, 0.3) is 22.2 Å². The first-order valence-corrected chi connectivity index (χ1v) is 10.0. The minimum Gasteiger partial charge on any atom is -0.433 e. The molecule has 1 aliphatic heterocycles. The summed E-state index contributed by atoms with van der Waals surface area (Å²) in [5, 5.41) is 1.63. The van der Waals surface area contributed by atoms with Gasteiger partial charge >= 0.3 is 0 Å². The molecule has 4 aromatic rings. The van der Waals surface area contributed by atoms with Gasteiger partial charge in [0, 0.05) is 17.7 Å². The molecule has 1 aromatic carbocycles. The van der Waals surface area contributed by atoms with Gasteiger partial charge in [-0.2, -0.15) is 0 Å². The van der Waals surface area contributed by atoms with Crippen LogP contribution in [0.3, 0.4) is 0 Å². The molecule has 7 heteroatoms. The van der Waals surface area contributed by atoms with E-state index in [1.54, 1.807) is 18.5 Å². The third-order valence-electron chi connectivity index (χ3n) is 4.88. The van der Waals surface area contributed by atoms with E-state index < -0.39 is 0 Å². The molecular weight excluding hydrogens is 377 g/mol. The predicted molar refractivity (Wildman–Crippen MR) is 106 cm³/mol. The molecule has 5 nitrogen and oxygen atoms in total. The van der Waals surface area contributed by atoms with E-state index >= 15 is 0 Å². The SMILES string of the molecule is CC1(C)Cc2nc3oc4c(SCc5ccc(F)cc5)ncnc4c3cc2CO1. The topological polar surface area (TPSA) is 61.0 Å². The van der Waals surface area contributed by atoms with Gasteiger partial charge in [-0.25, -0.2) is 19.3 Å². The molecule has 142 valence electrons. The zero-order chi connectivity index (χ0) is 19.3. The second-order valence-electron chi connectivity index (χ2n) is 7.55. The number of aromatic nitrogens is 3. The normalized spacial score (nSPS) is 15.8. The lowest BCUT2D eigenvalue weighted by Gasteiger charge is -2.30. The molecule has 0 amide bonds. The number of thioether (sulfide) groups is 1. The smallest absolute Gasteiger partial charge is 0.229 e. The van der Waals surface area contributed by atoms with Gasteiger partial charge < -0.3 is 9.15 Å². The average molecular weight is 395 g/mol. The minimum absolute atomic E-state index is 0.227. The number of benzene rings is 1. The molecule has 0 fully saturated rings. The van der Waals surface area contributed by atoms with Gasteiger partial charge in [0.1, 0.15) is 22.7 Å². The first-order chi connectivity index (χ1) is 13.5. The Hall–Kier alpha value is -2.51. The van der Waals surface area contributed by atoms with Crippen LogP contribution in [0.15, 0.2) is 46.1 Å². The van der Waals surface area contributed by atoms with E-state index in [9.17, 15) is 4.39 Å². The Balaban J connectivity index is 1.53. The number of nitrogens with zero attached hydrogens (tertiary/aromatic N) is 3. The van der Waals surface area contributed by atoms with Crippen molar-refractivity contribution in [3.8, 4) is 0 Å². The maximum absolute atomic E-state index is 13.1. The largest absolute Gasteiger partial charge is 0.433 e. The van der Waals surface area contributed by atoms with Gasteiger partial charge in [-0.15, -0.1) is 0 Å². The Morgan fingerprint density at radius 1 is 1.18 bits per heavy atom. The highest BCUT2D eigenvalue weighted by atomic mass is 32.2. The Bertz CT molecular complexity index is 1190. The van der Waals surface area contributed by atoms with Crippen LogP contribution in [0.4, 0.5) is 4.39 Å². The molecule has 0 spiro atoms. The van der Waals surface area contributed by atoms with Gasteiger partial charge in [0.15, 0.2) is 5.58 Å². The number of pyridine rings is 1. The molecular formula is C21H18FN3O2S. The third-order valence-corrected chi connectivity index (χ3v) is 5.92. The van der Waals surface area contributed by atoms with Gasteiger partial charge in [-0.05, 0) is 37.6 Å². The molecule has 0 atom stereocenters. The molecule has 0 unspecified atom stereocenters. The summed E-state index contributed by atoms with van der Waals surface area (Å²) in [6.07, 6.45) is 2.29. The molecule has 5 rings (SSSR count). The minimum atomic E-state index is -0.238. The summed E-state index contributed by atoms with van der Waals surface area (Å²) in [6, 6.07) is 8.54. The number of halogens is 1. The summed E-state index contributed by atoms with van der Waals surface area (Å²) in [7, 11) is 0. The lowest BCUT2D eigenvalue weighted by atomic mass is 9.95. The highest BCUT2D eigenvalue weighted by Gasteiger charge is 2.28. The zero-order valence-electron chi connectivity index (χ0n) is 15.5. The Morgan fingerprint density at radius 2 is 2.00 bits per heavy atom. The van der Waals surface area contributed by atoms with Crippen LogP contribution in [0.1, 0.15) is 30.7 Å². The lowest BCUT2D eigenvalue weighted by molar-refractivity contribution is -0.0411. The Labute approximate surface area is 165 Å².